The molecule has 9 aromatic carbocycles. The molecule has 0 fully saturated rings. The van der Waals surface area contributed by atoms with E-state index in [1.54, 1.807) is 0 Å². The summed E-state index contributed by atoms with van der Waals surface area (Å²) in [6.45, 7) is 4.69. The lowest BCUT2D eigenvalue weighted by Crippen LogP contribution is -2.15. The molecule has 1 aliphatic rings. The lowest BCUT2D eigenvalue weighted by atomic mass is 9.82. The standard InChI is InChI=1S/C49H35N/c1-49(2)47-14-8-7-13-44(47)46-31-40(25-28-48(46)49)50(38-22-17-33(18-23-38)37-16-15-32-9-3-4-11-36(32)29-37)39-24-19-35-21-26-42-41-12-6-5-10-34(41)20-27-43(42)45(35)30-39/h3-31H,1-2H3. The van der Waals surface area contributed by atoms with Crippen LogP contribution in [-0.2, 0) is 5.41 Å². The number of anilines is 3. The van der Waals surface area contributed by atoms with Crippen molar-refractivity contribution in [3.63, 3.8) is 0 Å². The molecular weight excluding hydrogens is 603 g/mol. The van der Waals surface area contributed by atoms with E-state index in [4.69, 9.17) is 0 Å². The third-order valence-electron chi connectivity index (χ3n) is 11.0. The van der Waals surface area contributed by atoms with E-state index in [1.165, 1.54) is 76.5 Å². The van der Waals surface area contributed by atoms with Crippen LogP contribution in [0.2, 0.25) is 0 Å². The van der Waals surface area contributed by atoms with Gasteiger partial charge >= 0.3 is 0 Å². The molecule has 0 saturated carbocycles. The zero-order valence-electron chi connectivity index (χ0n) is 28.2. The summed E-state index contributed by atoms with van der Waals surface area (Å²) in [6, 6.07) is 65.1. The van der Waals surface area contributed by atoms with Crippen LogP contribution in [0.15, 0.2) is 176 Å². The number of nitrogens with zero attached hydrogens (tertiary/aromatic N) is 1. The van der Waals surface area contributed by atoms with E-state index in [0.717, 1.165) is 17.1 Å². The average Bonchev–Trinajstić information content (AvgIpc) is 3.40. The topological polar surface area (TPSA) is 3.24 Å². The van der Waals surface area contributed by atoms with Crippen LogP contribution in [0.3, 0.4) is 0 Å². The Bertz CT molecular complexity index is 2790. The van der Waals surface area contributed by atoms with Gasteiger partial charge in [-0.1, -0.05) is 147 Å². The summed E-state index contributed by atoms with van der Waals surface area (Å²) in [7, 11) is 0. The predicted molar refractivity (Wildman–Crippen MR) is 214 cm³/mol. The van der Waals surface area contributed by atoms with Gasteiger partial charge in [0.15, 0.2) is 0 Å². The molecule has 0 atom stereocenters. The van der Waals surface area contributed by atoms with E-state index in [0.29, 0.717) is 0 Å². The van der Waals surface area contributed by atoms with E-state index in [2.05, 4.69) is 195 Å². The monoisotopic (exact) mass is 637 g/mol. The Morgan fingerprint density at radius 3 is 1.74 bits per heavy atom. The second kappa shape index (κ2) is 10.9. The van der Waals surface area contributed by atoms with Crippen LogP contribution in [0, 0.1) is 0 Å². The van der Waals surface area contributed by atoms with Gasteiger partial charge in [-0.15, -0.1) is 0 Å². The Morgan fingerprint density at radius 1 is 0.340 bits per heavy atom. The van der Waals surface area contributed by atoms with Crippen LogP contribution in [0.25, 0.3) is 65.3 Å². The number of rotatable bonds is 4. The molecule has 0 saturated heterocycles. The Kier molecular flexibility index (Phi) is 6.29. The lowest BCUT2D eigenvalue weighted by molar-refractivity contribution is 0.660. The van der Waals surface area contributed by atoms with Gasteiger partial charge in [0.25, 0.3) is 0 Å². The van der Waals surface area contributed by atoms with Gasteiger partial charge in [0.2, 0.25) is 0 Å². The molecule has 0 heterocycles. The summed E-state index contributed by atoms with van der Waals surface area (Å²) in [4.78, 5) is 2.43. The summed E-state index contributed by atoms with van der Waals surface area (Å²) >= 11 is 0. The van der Waals surface area contributed by atoms with E-state index >= 15 is 0 Å². The summed E-state index contributed by atoms with van der Waals surface area (Å²) in [6.07, 6.45) is 0. The summed E-state index contributed by atoms with van der Waals surface area (Å²) < 4.78 is 0. The first-order valence-electron chi connectivity index (χ1n) is 17.5. The highest BCUT2D eigenvalue weighted by Crippen LogP contribution is 2.51. The summed E-state index contributed by atoms with van der Waals surface area (Å²) in [5, 5.41) is 10.1. The molecule has 0 N–H and O–H groups in total. The maximum absolute atomic E-state index is 2.43. The first-order valence-corrected chi connectivity index (χ1v) is 17.5. The molecule has 50 heavy (non-hydrogen) atoms. The second-order valence-corrected chi connectivity index (χ2v) is 14.2. The maximum Gasteiger partial charge on any atom is 0.0468 e. The van der Waals surface area contributed by atoms with Crippen LogP contribution >= 0.6 is 0 Å². The van der Waals surface area contributed by atoms with Gasteiger partial charge in [-0.3, -0.25) is 0 Å². The predicted octanol–water partition coefficient (Wildman–Crippen LogP) is 13.7. The Morgan fingerprint density at radius 2 is 0.900 bits per heavy atom. The Balaban J connectivity index is 1.16. The van der Waals surface area contributed by atoms with Crippen molar-refractivity contribution in [2.75, 3.05) is 4.90 Å². The van der Waals surface area contributed by atoms with Gasteiger partial charge in [0.1, 0.15) is 0 Å². The number of hydrogen-bond acceptors (Lipinski definition) is 1. The highest BCUT2D eigenvalue weighted by Gasteiger charge is 2.35. The summed E-state index contributed by atoms with van der Waals surface area (Å²) in [5.41, 5.74) is 11.2. The highest BCUT2D eigenvalue weighted by molar-refractivity contribution is 6.17. The first kappa shape index (κ1) is 28.8. The minimum absolute atomic E-state index is 0.0402. The van der Waals surface area contributed by atoms with Crippen LogP contribution in [0.4, 0.5) is 17.1 Å². The van der Waals surface area contributed by atoms with Crippen molar-refractivity contribution in [1.29, 1.82) is 0 Å². The lowest BCUT2D eigenvalue weighted by Gasteiger charge is -2.28. The van der Waals surface area contributed by atoms with Crippen molar-refractivity contribution in [3.8, 4) is 22.3 Å². The van der Waals surface area contributed by atoms with Gasteiger partial charge in [0, 0.05) is 22.5 Å². The molecule has 1 nitrogen and oxygen atoms in total. The van der Waals surface area contributed by atoms with Gasteiger partial charge < -0.3 is 4.90 Å². The fraction of sp³-hybridized carbons (Fsp3) is 0.0612. The SMILES string of the molecule is CC1(C)c2ccccc2-c2cc(N(c3ccc(-c4ccc5ccccc5c4)cc3)c3ccc4ccc5c6ccccc6ccc5c4c3)ccc21. The zero-order chi connectivity index (χ0) is 33.4. The fourth-order valence-corrected chi connectivity index (χ4v) is 8.41. The molecule has 0 amide bonds. The third kappa shape index (κ3) is 4.40. The summed E-state index contributed by atoms with van der Waals surface area (Å²) in [5.74, 6) is 0. The molecule has 1 aliphatic carbocycles. The van der Waals surface area contributed by atoms with Crippen molar-refractivity contribution < 1.29 is 0 Å². The van der Waals surface area contributed by atoms with Gasteiger partial charge in [-0.05, 0) is 119 Å². The number of benzene rings is 9. The van der Waals surface area contributed by atoms with Crippen LogP contribution < -0.4 is 4.90 Å². The van der Waals surface area contributed by atoms with E-state index < -0.39 is 0 Å². The number of fused-ring (bicyclic) bond motifs is 9. The van der Waals surface area contributed by atoms with Gasteiger partial charge in [0.05, 0.1) is 0 Å². The molecule has 0 aliphatic heterocycles. The Hall–Kier alpha value is -6.18. The van der Waals surface area contributed by atoms with Crippen molar-refractivity contribution in [2.24, 2.45) is 0 Å². The first-order chi connectivity index (χ1) is 24.5. The minimum atomic E-state index is -0.0402. The quantitative estimate of drug-likeness (QED) is 0.174. The van der Waals surface area contributed by atoms with Crippen LogP contribution in [0.5, 0.6) is 0 Å². The molecule has 0 bridgehead atoms. The van der Waals surface area contributed by atoms with Crippen LogP contribution in [0.1, 0.15) is 25.0 Å². The molecule has 0 aromatic heterocycles. The third-order valence-corrected chi connectivity index (χ3v) is 11.0. The smallest absolute Gasteiger partial charge is 0.0468 e. The van der Waals surface area contributed by atoms with Crippen molar-refractivity contribution in [2.45, 2.75) is 19.3 Å². The molecule has 1 heteroatoms. The normalized spacial score (nSPS) is 13.2. The van der Waals surface area contributed by atoms with E-state index in [1.807, 2.05) is 0 Å². The fourth-order valence-electron chi connectivity index (χ4n) is 8.41. The van der Waals surface area contributed by atoms with Crippen molar-refractivity contribution in [1.82, 2.24) is 0 Å². The van der Waals surface area contributed by atoms with Crippen molar-refractivity contribution >= 4 is 60.2 Å². The average molecular weight is 638 g/mol. The molecule has 10 rings (SSSR count). The van der Waals surface area contributed by atoms with Crippen molar-refractivity contribution in [3.05, 3.63) is 187 Å². The minimum Gasteiger partial charge on any atom is -0.310 e. The highest BCUT2D eigenvalue weighted by atomic mass is 15.1. The molecule has 236 valence electrons. The van der Waals surface area contributed by atoms with E-state index in [-0.39, 0.29) is 5.41 Å². The Labute approximate surface area is 292 Å². The number of hydrogen-bond donors (Lipinski definition) is 0. The molecule has 0 spiro atoms. The second-order valence-electron chi connectivity index (χ2n) is 14.2. The largest absolute Gasteiger partial charge is 0.310 e. The maximum atomic E-state index is 2.43. The van der Waals surface area contributed by atoms with Gasteiger partial charge in [-0.2, -0.15) is 0 Å². The van der Waals surface area contributed by atoms with E-state index in [9.17, 15) is 0 Å². The molecule has 0 radical (unpaired) electrons. The van der Waals surface area contributed by atoms with Gasteiger partial charge in [-0.25, -0.2) is 0 Å². The molecular formula is C49H35N. The molecule has 0 unspecified atom stereocenters. The zero-order valence-corrected chi connectivity index (χ0v) is 28.2. The molecule has 9 aromatic rings. The van der Waals surface area contributed by atoms with Crippen LogP contribution in [-0.4, -0.2) is 0 Å².